The maximum absolute atomic E-state index is 12.7. The molecule has 0 atom stereocenters. The molecule has 2 N–H and O–H groups in total. The minimum absolute atomic E-state index is 0.0132. The van der Waals surface area contributed by atoms with Gasteiger partial charge in [0.15, 0.2) is 0 Å². The topological polar surface area (TPSA) is 73.4 Å². The van der Waals surface area contributed by atoms with Crippen molar-refractivity contribution in [2.24, 2.45) is 0 Å². The van der Waals surface area contributed by atoms with Crippen LogP contribution in [0.1, 0.15) is 29.6 Å². The predicted octanol–water partition coefficient (Wildman–Crippen LogP) is 4.51. The number of hydrogen-bond donors (Lipinski definition) is 2. The number of fused-ring (bicyclic) bond motifs is 1. The van der Waals surface area contributed by atoms with Crippen molar-refractivity contribution in [1.82, 2.24) is 25.1 Å². The van der Waals surface area contributed by atoms with Gasteiger partial charge in [0.1, 0.15) is 5.69 Å². The zero-order valence-electron chi connectivity index (χ0n) is 19.8. The highest BCUT2D eigenvalue weighted by Crippen LogP contribution is 2.37. The third-order valence-corrected chi connectivity index (χ3v) is 7.87. The summed E-state index contributed by atoms with van der Waals surface area (Å²) in [7, 11) is 0. The maximum atomic E-state index is 12.7. The van der Waals surface area contributed by atoms with E-state index >= 15 is 0 Å². The van der Waals surface area contributed by atoms with E-state index in [0.29, 0.717) is 28.3 Å². The molecule has 184 valence electrons. The Morgan fingerprint density at radius 2 is 2.03 bits per heavy atom. The highest BCUT2D eigenvalue weighted by molar-refractivity contribution is 7.22. The highest BCUT2D eigenvalue weighted by Gasteiger charge is 2.25. The van der Waals surface area contributed by atoms with Crippen LogP contribution in [0, 0.1) is 0 Å². The Labute approximate surface area is 215 Å². The normalized spacial score (nSPS) is 16.9. The molecule has 2 aliphatic rings. The molecule has 9 heteroatoms. The van der Waals surface area contributed by atoms with E-state index in [1.807, 2.05) is 30.3 Å². The first-order valence-corrected chi connectivity index (χ1v) is 13.5. The molecular formula is C26H31ClN6OS. The van der Waals surface area contributed by atoms with Crippen LogP contribution >= 0.6 is 22.9 Å². The fourth-order valence-electron chi connectivity index (χ4n) is 4.37. The molecule has 1 aliphatic carbocycles. The zero-order valence-corrected chi connectivity index (χ0v) is 21.4. The molecule has 1 saturated carbocycles. The van der Waals surface area contributed by atoms with Crippen molar-refractivity contribution >= 4 is 44.9 Å². The van der Waals surface area contributed by atoms with Crippen LogP contribution < -0.4 is 10.6 Å². The summed E-state index contributed by atoms with van der Waals surface area (Å²) in [5.74, 6) is 0.560. The summed E-state index contributed by atoms with van der Waals surface area (Å²) in [6.07, 6.45) is 6.77. The molecule has 1 amide bonds. The molecule has 2 fully saturated rings. The molecular weight excluding hydrogens is 480 g/mol. The number of aromatic nitrogens is 2. The smallest absolute Gasteiger partial charge is 0.252 e. The Bertz CT molecular complexity index is 1200. The Morgan fingerprint density at radius 3 is 2.80 bits per heavy atom. The van der Waals surface area contributed by atoms with Crippen molar-refractivity contribution in [3.63, 3.8) is 0 Å². The predicted molar refractivity (Wildman–Crippen MR) is 145 cm³/mol. The van der Waals surface area contributed by atoms with E-state index in [9.17, 15) is 4.79 Å². The van der Waals surface area contributed by atoms with Crippen LogP contribution in [0.3, 0.4) is 0 Å². The second-order valence-corrected chi connectivity index (χ2v) is 10.7. The summed E-state index contributed by atoms with van der Waals surface area (Å²) < 4.78 is 1.04. The molecule has 0 bridgehead atoms. The van der Waals surface area contributed by atoms with Gasteiger partial charge in [-0.25, -0.2) is 9.97 Å². The minimum Gasteiger partial charge on any atom is -0.354 e. The molecule has 0 unspecified atom stereocenters. The van der Waals surface area contributed by atoms with Gasteiger partial charge in [-0.2, -0.15) is 0 Å². The van der Waals surface area contributed by atoms with E-state index in [2.05, 4.69) is 32.0 Å². The minimum atomic E-state index is -0.0132. The summed E-state index contributed by atoms with van der Waals surface area (Å²) in [6, 6.07) is 8.18. The standard InChI is InChI=1S/C26H31ClN6OS/c1-2-10-32-12-14-33(15-13-32)11-4-9-28-26-29-17-21(27)24(31-26)23-16-20-19(5-3-6-22(20)35-23)25(34)30-18-7-8-18/h2-3,5-6,16-18H,1,4,7-15H2,(H,30,34)(H,28,29,31). The summed E-state index contributed by atoms with van der Waals surface area (Å²) >= 11 is 8.08. The first kappa shape index (κ1) is 24.2. The number of rotatable bonds is 10. The highest BCUT2D eigenvalue weighted by atomic mass is 35.5. The SMILES string of the molecule is C=CCN1CCN(CCCNc2ncc(Cl)c(-c3cc4c(C(=O)NC5CC5)cccc4s3)n2)CC1. The molecule has 0 spiro atoms. The van der Waals surface area contributed by atoms with E-state index in [1.54, 1.807) is 17.5 Å². The molecule has 5 rings (SSSR count). The van der Waals surface area contributed by atoms with E-state index in [4.69, 9.17) is 16.6 Å². The number of carbonyl (C=O) groups excluding carboxylic acids is 1. The third-order valence-electron chi connectivity index (χ3n) is 6.48. The molecule has 3 aromatic rings. The number of thiophene rings is 1. The number of hydrogen-bond acceptors (Lipinski definition) is 7. The number of nitrogens with one attached hydrogen (secondary N) is 2. The zero-order chi connectivity index (χ0) is 24.2. The lowest BCUT2D eigenvalue weighted by Crippen LogP contribution is -2.46. The molecule has 3 heterocycles. The fraction of sp³-hybridized carbons (Fsp3) is 0.423. The van der Waals surface area contributed by atoms with Crippen LogP contribution in [-0.2, 0) is 0 Å². The van der Waals surface area contributed by atoms with Gasteiger partial charge in [0, 0.05) is 61.0 Å². The lowest BCUT2D eigenvalue weighted by molar-refractivity contribution is 0.0953. The Balaban J connectivity index is 1.21. The van der Waals surface area contributed by atoms with Crippen LogP contribution in [0.5, 0.6) is 0 Å². The van der Waals surface area contributed by atoms with Crippen molar-refractivity contribution in [2.75, 3.05) is 51.1 Å². The van der Waals surface area contributed by atoms with Gasteiger partial charge in [0.05, 0.1) is 16.1 Å². The summed E-state index contributed by atoms with van der Waals surface area (Å²) in [4.78, 5) is 27.7. The number of piperazine rings is 1. The molecule has 1 aliphatic heterocycles. The van der Waals surface area contributed by atoms with E-state index in [1.165, 1.54) is 0 Å². The molecule has 35 heavy (non-hydrogen) atoms. The van der Waals surface area contributed by atoms with Crippen LogP contribution in [0.2, 0.25) is 5.02 Å². The second kappa shape index (κ2) is 11.0. The lowest BCUT2D eigenvalue weighted by Gasteiger charge is -2.34. The summed E-state index contributed by atoms with van der Waals surface area (Å²) in [6.45, 7) is 11.0. The van der Waals surface area contributed by atoms with Crippen LogP contribution in [-0.4, -0.2) is 77.5 Å². The number of halogens is 1. The van der Waals surface area contributed by atoms with Crippen molar-refractivity contribution < 1.29 is 4.79 Å². The molecule has 7 nitrogen and oxygen atoms in total. The van der Waals surface area contributed by atoms with Gasteiger partial charge in [-0.3, -0.25) is 9.69 Å². The van der Waals surface area contributed by atoms with Gasteiger partial charge in [-0.1, -0.05) is 23.7 Å². The number of amides is 1. The fourth-order valence-corrected chi connectivity index (χ4v) is 5.71. The Morgan fingerprint density at radius 1 is 1.23 bits per heavy atom. The average Bonchev–Trinajstić information content (AvgIpc) is 3.57. The summed E-state index contributed by atoms with van der Waals surface area (Å²) in [5.41, 5.74) is 1.39. The Hall–Kier alpha value is -2.52. The van der Waals surface area contributed by atoms with Gasteiger partial charge in [-0.05, 0) is 44.0 Å². The maximum Gasteiger partial charge on any atom is 0.252 e. The quantitative estimate of drug-likeness (QED) is 0.309. The molecule has 0 radical (unpaired) electrons. The molecule has 1 aromatic carbocycles. The van der Waals surface area contributed by atoms with Crippen LogP contribution in [0.25, 0.3) is 20.7 Å². The average molecular weight is 511 g/mol. The monoisotopic (exact) mass is 510 g/mol. The number of nitrogens with zero attached hydrogens (tertiary/aromatic N) is 4. The first-order valence-electron chi connectivity index (χ1n) is 12.3. The van der Waals surface area contributed by atoms with Crippen LogP contribution in [0.15, 0.2) is 43.1 Å². The molecule has 1 saturated heterocycles. The lowest BCUT2D eigenvalue weighted by atomic mass is 10.1. The van der Waals surface area contributed by atoms with Crippen LogP contribution in [0.4, 0.5) is 5.95 Å². The van der Waals surface area contributed by atoms with E-state index in [0.717, 1.165) is 80.0 Å². The number of carbonyl (C=O) groups is 1. The largest absolute Gasteiger partial charge is 0.354 e. The van der Waals surface area contributed by atoms with Gasteiger partial charge in [0.25, 0.3) is 5.91 Å². The summed E-state index contributed by atoms with van der Waals surface area (Å²) in [5, 5.41) is 7.87. The van der Waals surface area contributed by atoms with E-state index in [-0.39, 0.29) is 5.91 Å². The van der Waals surface area contributed by atoms with Crippen molar-refractivity contribution in [2.45, 2.75) is 25.3 Å². The van der Waals surface area contributed by atoms with Gasteiger partial charge < -0.3 is 15.5 Å². The second-order valence-electron chi connectivity index (χ2n) is 9.18. The van der Waals surface area contributed by atoms with Crippen molar-refractivity contribution in [3.8, 4) is 10.6 Å². The number of benzene rings is 1. The van der Waals surface area contributed by atoms with Crippen molar-refractivity contribution in [3.05, 3.63) is 53.7 Å². The van der Waals surface area contributed by atoms with E-state index < -0.39 is 0 Å². The van der Waals surface area contributed by atoms with Gasteiger partial charge >= 0.3 is 0 Å². The molecule has 2 aromatic heterocycles. The van der Waals surface area contributed by atoms with Crippen molar-refractivity contribution in [1.29, 1.82) is 0 Å². The van der Waals surface area contributed by atoms with Gasteiger partial charge in [0.2, 0.25) is 5.95 Å². The van der Waals surface area contributed by atoms with Gasteiger partial charge in [-0.15, -0.1) is 17.9 Å². The number of anilines is 1. The third kappa shape index (κ3) is 6.01. The first-order chi connectivity index (χ1) is 17.1. The Kier molecular flexibility index (Phi) is 7.63.